The smallest absolute Gasteiger partial charge is 0.240 e. The molecule has 0 radical (unpaired) electrons. The van der Waals surface area contributed by atoms with Crippen LogP contribution in [0.15, 0.2) is 42.7 Å². The second-order valence-electron chi connectivity index (χ2n) is 4.97. The Morgan fingerprint density at radius 1 is 1.37 bits per heavy atom. The second kappa shape index (κ2) is 4.51. The minimum absolute atomic E-state index is 0.0695. The van der Waals surface area contributed by atoms with E-state index in [0.29, 0.717) is 6.54 Å². The third kappa shape index (κ3) is 2.51. The van der Waals surface area contributed by atoms with E-state index in [1.807, 2.05) is 36.5 Å². The Morgan fingerprint density at radius 3 is 2.79 bits per heavy atom. The summed E-state index contributed by atoms with van der Waals surface area (Å²) in [4.78, 5) is 11.7. The maximum atomic E-state index is 11.7. The number of para-hydroxylation sites is 1. The Bertz CT molecular complexity index is 587. The number of nitrogens with one attached hydrogen (secondary N) is 1. The van der Waals surface area contributed by atoms with Crippen LogP contribution in [0.4, 0.5) is 0 Å². The highest BCUT2D eigenvalue weighted by molar-refractivity contribution is 5.88. The van der Waals surface area contributed by atoms with Crippen LogP contribution in [-0.4, -0.2) is 21.2 Å². The van der Waals surface area contributed by atoms with Crippen molar-refractivity contribution in [3.63, 3.8) is 0 Å². The molecule has 5 nitrogen and oxygen atoms in total. The van der Waals surface area contributed by atoms with Crippen molar-refractivity contribution in [3.05, 3.63) is 48.3 Å². The molecular formula is C14H16N4O. The Morgan fingerprint density at radius 2 is 2.11 bits per heavy atom. The van der Waals surface area contributed by atoms with Crippen LogP contribution >= 0.6 is 0 Å². The average Bonchev–Trinajstić information content (AvgIpc) is 3.03. The van der Waals surface area contributed by atoms with Gasteiger partial charge in [-0.3, -0.25) is 4.79 Å². The molecule has 19 heavy (non-hydrogen) atoms. The highest BCUT2D eigenvalue weighted by Gasteiger charge is 2.45. The van der Waals surface area contributed by atoms with E-state index in [1.54, 1.807) is 10.9 Å². The summed E-state index contributed by atoms with van der Waals surface area (Å²) in [5.74, 6) is -0.0695. The number of nitrogens with zero attached hydrogens (tertiary/aromatic N) is 2. The van der Waals surface area contributed by atoms with Crippen LogP contribution in [0.2, 0.25) is 0 Å². The largest absolute Gasteiger partial charge is 0.350 e. The maximum Gasteiger partial charge on any atom is 0.240 e. The van der Waals surface area contributed by atoms with Crippen LogP contribution < -0.4 is 11.1 Å². The summed E-state index contributed by atoms with van der Waals surface area (Å²) in [6, 6.07) is 9.85. The topological polar surface area (TPSA) is 72.9 Å². The van der Waals surface area contributed by atoms with Gasteiger partial charge in [0.05, 0.1) is 17.4 Å². The summed E-state index contributed by atoms with van der Waals surface area (Å²) in [5, 5.41) is 7.13. The van der Waals surface area contributed by atoms with Crippen molar-refractivity contribution >= 4 is 5.91 Å². The number of carbonyl (C=O) groups is 1. The Labute approximate surface area is 111 Å². The summed E-state index contributed by atoms with van der Waals surface area (Å²) in [6.45, 7) is 0.463. The van der Waals surface area contributed by atoms with E-state index in [2.05, 4.69) is 10.4 Å². The number of hydrogen-bond acceptors (Lipinski definition) is 3. The van der Waals surface area contributed by atoms with E-state index in [1.165, 1.54) is 0 Å². The monoisotopic (exact) mass is 256 g/mol. The maximum absolute atomic E-state index is 11.7. The molecule has 1 aromatic heterocycles. The predicted molar refractivity (Wildman–Crippen MR) is 71.6 cm³/mol. The number of carbonyl (C=O) groups excluding carboxylic acids is 1. The Hall–Kier alpha value is -2.14. The molecule has 1 aliphatic rings. The van der Waals surface area contributed by atoms with Crippen molar-refractivity contribution in [3.8, 4) is 5.69 Å². The van der Waals surface area contributed by atoms with Gasteiger partial charge in [0, 0.05) is 18.3 Å². The highest BCUT2D eigenvalue weighted by Crippen LogP contribution is 2.32. The lowest BCUT2D eigenvalue weighted by molar-refractivity contribution is -0.123. The molecule has 3 N–H and O–H groups in total. The molecule has 1 saturated carbocycles. The molecule has 98 valence electrons. The standard InChI is InChI=1S/C14H16N4O/c15-14(6-7-14)13(19)16-8-11-9-17-18(10-11)12-4-2-1-3-5-12/h1-5,9-10H,6-8,15H2,(H,16,19). The fourth-order valence-electron chi connectivity index (χ4n) is 1.89. The number of amides is 1. The van der Waals surface area contributed by atoms with Crippen molar-refractivity contribution in [2.24, 2.45) is 5.73 Å². The quantitative estimate of drug-likeness (QED) is 0.856. The number of nitrogens with two attached hydrogens (primary N) is 1. The molecule has 1 heterocycles. The van der Waals surface area contributed by atoms with E-state index >= 15 is 0 Å². The fourth-order valence-corrected chi connectivity index (χ4v) is 1.89. The highest BCUT2D eigenvalue weighted by atomic mass is 16.2. The van der Waals surface area contributed by atoms with Crippen LogP contribution in [0, 0.1) is 0 Å². The van der Waals surface area contributed by atoms with Crippen LogP contribution in [0.1, 0.15) is 18.4 Å². The summed E-state index contributed by atoms with van der Waals surface area (Å²) in [5.41, 5.74) is 7.16. The van der Waals surface area contributed by atoms with Gasteiger partial charge in [0.15, 0.2) is 0 Å². The lowest BCUT2D eigenvalue weighted by atomic mass is 10.2. The number of rotatable bonds is 4. The minimum Gasteiger partial charge on any atom is -0.350 e. The molecule has 3 rings (SSSR count). The summed E-state index contributed by atoms with van der Waals surface area (Å²) < 4.78 is 1.79. The van der Waals surface area contributed by atoms with Gasteiger partial charge in [-0.15, -0.1) is 0 Å². The zero-order valence-electron chi connectivity index (χ0n) is 10.5. The van der Waals surface area contributed by atoms with Crippen LogP contribution in [0.25, 0.3) is 5.69 Å². The lowest BCUT2D eigenvalue weighted by Gasteiger charge is -2.08. The van der Waals surface area contributed by atoms with Crippen molar-refractivity contribution in [2.45, 2.75) is 24.9 Å². The van der Waals surface area contributed by atoms with Crippen LogP contribution in [0.3, 0.4) is 0 Å². The molecule has 1 amide bonds. The first-order valence-electron chi connectivity index (χ1n) is 6.34. The van der Waals surface area contributed by atoms with Gasteiger partial charge >= 0.3 is 0 Å². The van der Waals surface area contributed by atoms with Crippen molar-refractivity contribution in [2.75, 3.05) is 0 Å². The molecule has 0 aliphatic heterocycles. The Kier molecular flexibility index (Phi) is 2.83. The third-order valence-corrected chi connectivity index (χ3v) is 3.35. The first kappa shape index (κ1) is 11.9. The van der Waals surface area contributed by atoms with Gasteiger partial charge < -0.3 is 11.1 Å². The first-order chi connectivity index (χ1) is 9.17. The minimum atomic E-state index is -0.616. The van der Waals surface area contributed by atoms with Crippen molar-refractivity contribution < 1.29 is 4.79 Å². The van der Waals surface area contributed by atoms with E-state index in [-0.39, 0.29) is 5.91 Å². The van der Waals surface area contributed by atoms with E-state index in [0.717, 1.165) is 24.1 Å². The van der Waals surface area contributed by atoms with Crippen molar-refractivity contribution in [1.82, 2.24) is 15.1 Å². The Balaban J connectivity index is 1.64. The molecule has 2 aromatic rings. The van der Waals surface area contributed by atoms with Gasteiger partial charge in [0.25, 0.3) is 0 Å². The molecule has 1 aromatic carbocycles. The zero-order chi connectivity index (χ0) is 13.3. The van der Waals surface area contributed by atoms with Gasteiger partial charge in [0.1, 0.15) is 0 Å². The molecule has 1 fully saturated rings. The summed E-state index contributed by atoms with van der Waals surface area (Å²) >= 11 is 0. The van der Waals surface area contributed by atoms with Gasteiger partial charge in [-0.25, -0.2) is 4.68 Å². The second-order valence-corrected chi connectivity index (χ2v) is 4.97. The zero-order valence-corrected chi connectivity index (χ0v) is 10.5. The number of hydrogen-bond donors (Lipinski definition) is 2. The normalized spacial score (nSPS) is 16.1. The van der Waals surface area contributed by atoms with Crippen LogP contribution in [-0.2, 0) is 11.3 Å². The lowest BCUT2D eigenvalue weighted by Crippen LogP contribution is -2.42. The molecule has 0 atom stereocenters. The predicted octanol–water partition coefficient (Wildman–Crippen LogP) is 0.980. The summed E-state index contributed by atoms with van der Waals surface area (Å²) in [7, 11) is 0. The van der Waals surface area contributed by atoms with E-state index in [9.17, 15) is 4.79 Å². The third-order valence-electron chi connectivity index (χ3n) is 3.35. The van der Waals surface area contributed by atoms with Gasteiger partial charge in [0.2, 0.25) is 5.91 Å². The van der Waals surface area contributed by atoms with E-state index in [4.69, 9.17) is 5.73 Å². The molecule has 0 spiro atoms. The van der Waals surface area contributed by atoms with Gasteiger partial charge in [-0.2, -0.15) is 5.10 Å². The summed E-state index contributed by atoms with van der Waals surface area (Å²) in [6.07, 6.45) is 5.22. The van der Waals surface area contributed by atoms with Crippen molar-refractivity contribution in [1.29, 1.82) is 0 Å². The molecule has 0 unspecified atom stereocenters. The van der Waals surface area contributed by atoms with Crippen LogP contribution in [0.5, 0.6) is 0 Å². The molecule has 5 heteroatoms. The van der Waals surface area contributed by atoms with Gasteiger partial charge in [-0.1, -0.05) is 18.2 Å². The molecule has 0 bridgehead atoms. The SMILES string of the molecule is NC1(C(=O)NCc2cnn(-c3ccccc3)c2)CC1. The van der Waals surface area contributed by atoms with Gasteiger partial charge in [-0.05, 0) is 25.0 Å². The molecule has 0 saturated heterocycles. The van der Waals surface area contributed by atoms with E-state index < -0.39 is 5.54 Å². The fraction of sp³-hybridized carbons (Fsp3) is 0.286. The first-order valence-corrected chi connectivity index (χ1v) is 6.34. The number of benzene rings is 1. The average molecular weight is 256 g/mol. The molecular weight excluding hydrogens is 240 g/mol. The molecule has 1 aliphatic carbocycles. The number of aromatic nitrogens is 2.